The molecule has 5 heteroatoms. The summed E-state index contributed by atoms with van der Waals surface area (Å²) in [5.41, 5.74) is -0.250. The van der Waals surface area contributed by atoms with Gasteiger partial charge in [-0.15, -0.1) is 0 Å². The first-order chi connectivity index (χ1) is 7.98. The third-order valence-electron chi connectivity index (χ3n) is 3.12. The molecule has 17 heavy (non-hydrogen) atoms. The molecule has 0 saturated carbocycles. The van der Waals surface area contributed by atoms with Crippen LogP contribution in [0.25, 0.3) is 0 Å². The van der Waals surface area contributed by atoms with Crippen LogP contribution in [0.3, 0.4) is 0 Å². The van der Waals surface area contributed by atoms with E-state index in [1.54, 1.807) is 0 Å². The van der Waals surface area contributed by atoms with Gasteiger partial charge < -0.3 is 19.3 Å². The molecule has 2 fully saturated rings. The second-order valence-corrected chi connectivity index (χ2v) is 5.45. The lowest BCUT2D eigenvalue weighted by Crippen LogP contribution is -2.58. The Morgan fingerprint density at radius 2 is 1.88 bits per heavy atom. The van der Waals surface area contributed by atoms with Gasteiger partial charge in [-0.25, -0.2) is 4.79 Å². The number of ether oxygens (including phenoxy) is 2. The van der Waals surface area contributed by atoms with Gasteiger partial charge in [-0.05, 0) is 20.8 Å². The summed E-state index contributed by atoms with van der Waals surface area (Å²) in [6, 6.07) is 0.122. The van der Waals surface area contributed by atoms with Gasteiger partial charge in [0.2, 0.25) is 0 Å². The van der Waals surface area contributed by atoms with E-state index in [0.717, 1.165) is 0 Å². The largest absolute Gasteiger partial charge is 0.378 e. The molecule has 5 nitrogen and oxygen atoms in total. The smallest absolute Gasteiger partial charge is 0.320 e. The number of rotatable bonds is 0. The van der Waals surface area contributed by atoms with E-state index >= 15 is 0 Å². The fraction of sp³-hybridized carbons (Fsp3) is 0.917. The molecule has 0 aromatic rings. The van der Waals surface area contributed by atoms with Crippen molar-refractivity contribution in [1.29, 1.82) is 0 Å². The first kappa shape index (κ1) is 12.6. The summed E-state index contributed by atoms with van der Waals surface area (Å²) in [5, 5.41) is 0. The van der Waals surface area contributed by atoms with E-state index in [2.05, 4.69) is 0 Å². The molecule has 0 aromatic heterocycles. The van der Waals surface area contributed by atoms with Crippen LogP contribution in [0.4, 0.5) is 4.79 Å². The summed E-state index contributed by atoms with van der Waals surface area (Å²) >= 11 is 0. The van der Waals surface area contributed by atoms with Crippen molar-refractivity contribution in [3.63, 3.8) is 0 Å². The number of carbonyl (C=O) groups is 1. The maximum absolute atomic E-state index is 12.3. The van der Waals surface area contributed by atoms with Crippen molar-refractivity contribution in [3.05, 3.63) is 0 Å². The lowest BCUT2D eigenvalue weighted by Gasteiger charge is -2.43. The summed E-state index contributed by atoms with van der Waals surface area (Å²) < 4.78 is 11.1. The van der Waals surface area contributed by atoms with Gasteiger partial charge in [0.25, 0.3) is 0 Å². The van der Waals surface area contributed by atoms with Gasteiger partial charge in [0, 0.05) is 19.6 Å². The van der Waals surface area contributed by atoms with E-state index in [1.165, 1.54) is 0 Å². The fourth-order valence-electron chi connectivity index (χ4n) is 2.55. The first-order valence-corrected chi connectivity index (χ1v) is 6.27. The van der Waals surface area contributed by atoms with Crippen LogP contribution in [0, 0.1) is 0 Å². The molecule has 2 amide bonds. The van der Waals surface area contributed by atoms with Gasteiger partial charge in [0.15, 0.2) is 0 Å². The van der Waals surface area contributed by atoms with E-state index in [0.29, 0.717) is 39.4 Å². The summed E-state index contributed by atoms with van der Waals surface area (Å²) in [4.78, 5) is 16.1. The molecule has 98 valence electrons. The highest BCUT2D eigenvalue weighted by Gasteiger charge is 2.35. The summed E-state index contributed by atoms with van der Waals surface area (Å²) in [6.07, 6.45) is 0.101. The van der Waals surface area contributed by atoms with Crippen LogP contribution >= 0.6 is 0 Å². The molecule has 2 aliphatic heterocycles. The summed E-state index contributed by atoms with van der Waals surface area (Å²) in [6.45, 7) is 10.1. The number of amides is 2. The molecule has 2 aliphatic rings. The van der Waals surface area contributed by atoms with Crippen LogP contribution in [-0.2, 0) is 9.47 Å². The molecule has 0 aromatic carbocycles. The Bertz CT molecular complexity index is 287. The van der Waals surface area contributed by atoms with Crippen molar-refractivity contribution < 1.29 is 14.3 Å². The Labute approximate surface area is 103 Å². The zero-order valence-electron chi connectivity index (χ0n) is 10.9. The van der Waals surface area contributed by atoms with E-state index in [4.69, 9.17) is 9.47 Å². The van der Waals surface area contributed by atoms with Gasteiger partial charge >= 0.3 is 6.03 Å². The van der Waals surface area contributed by atoms with E-state index in [9.17, 15) is 4.79 Å². The van der Waals surface area contributed by atoms with Crippen molar-refractivity contribution in [1.82, 2.24) is 9.80 Å². The molecule has 2 rings (SSSR count). The first-order valence-electron chi connectivity index (χ1n) is 6.27. The molecule has 2 saturated heterocycles. The van der Waals surface area contributed by atoms with Crippen LogP contribution in [0.15, 0.2) is 0 Å². The SMILES string of the molecule is CC1CN(C(=O)N2CCOCC2)CC(C)(C)O1. The van der Waals surface area contributed by atoms with Crippen molar-refractivity contribution in [2.24, 2.45) is 0 Å². The highest BCUT2D eigenvalue weighted by atomic mass is 16.5. The molecule has 2 heterocycles. The van der Waals surface area contributed by atoms with Gasteiger partial charge in [-0.3, -0.25) is 0 Å². The average molecular weight is 242 g/mol. The molecule has 0 N–H and O–H groups in total. The topological polar surface area (TPSA) is 42.0 Å². The Morgan fingerprint density at radius 1 is 1.24 bits per heavy atom. The molecular weight excluding hydrogens is 220 g/mol. The molecule has 1 unspecified atom stereocenters. The number of carbonyl (C=O) groups excluding carboxylic acids is 1. The standard InChI is InChI=1S/C12H22N2O3/c1-10-8-14(9-12(2,3)17-10)11(15)13-4-6-16-7-5-13/h10H,4-9H2,1-3H3. The third-order valence-corrected chi connectivity index (χ3v) is 3.12. The second kappa shape index (κ2) is 4.82. The molecule has 1 atom stereocenters. The number of urea groups is 1. The zero-order valence-corrected chi connectivity index (χ0v) is 10.9. The highest BCUT2D eigenvalue weighted by molar-refractivity contribution is 5.74. The maximum Gasteiger partial charge on any atom is 0.320 e. The molecule has 0 aliphatic carbocycles. The minimum Gasteiger partial charge on any atom is -0.378 e. The molecule has 0 bridgehead atoms. The zero-order chi connectivity index (χ0) is 12.5. The Hall–Kier alpha value is -0.810. The lowest BCUT2D eigenvalue weighted by molar-refractivity contribution is -0.120. The molecule has 0 radical (unpaired) electrons. The van der Waals surface area contributed by atoms with E-state index in [1.807, 2.05) is 30.6 Å². The number of hydrogen-bond acceptors (Lipinski definition) is 3. The number of morpholine rings is 2. The van der Waals surface area contributed by atoms with Crippen molar-refractivity contribution in [3.8, 4) is 0 Å². The van der Waals surface area contributed by atoms with Gasteiger partial charge in [0.05, 0.1) is 31.5 Å². The second-order valence-electron chi connectivity index (χ2n) is 5.45. The Kier molecular flexibility index (Phi) is 3.58. The Balaban J connectivity index is 1.98. The molecule has 0 spiro atoms. The van der Waals surface area contributed by atoms with Crippen molar-refractivity contribution in [2.45, 2.75) is 32.5 Å². The van der Waals surface area contributed by atoms with Gasteiger partial charge in [0.1, 0.15) is 0 Å². The van der Waals surface area contributed by atoms with E-state index < -0.39 is 0 Å². The fourth-order valence-corrected chi connectivity index (χ4v) is 2.55. The summed E-state index contributed by atoms with van der Waals surface area (Å²) in [7, 11) is 0. The average Bonchev–Trinajstić information content (AvgIpc) is 2.26. The van der Waals surface area contributed by atoms with Crippen LogP contribution in [0.1, 0.15) is 20.8 Å². The number of nitrogens with zero attached hydrogens (tertiary/aromatic N) is 2. The highest BCUT2D eigenvalue weighted by Crippen LogP contribution is 2.21. The van der Waals surface area contributed by atoms with Crippen LogP contribution in [-0.4, -0.2) is 66.9 Å². The van der Waals surface area contributed by atoms with Gasteiger partial charge in [-0.1, -0.05) is 0 Å². The lowest BCUT2D eigenvalue weighted by atomic mass is 10.1. The minimum atomic E-state index is -0.250. The monoisotopic (exact) mass is 242 g/mol. The van der Waals surface area contributed by atoms with E-state index in [-0.39, 0.29) is 17.7 Å². The minimum absolute atomic E-state index is 0.101. The number of hydrogen-bond donors (Lipinski definition) is 0. The van der Waals surface area contributed by atoms with Crippen LogP contribution in [0.5, 0.6) is 0 Å². The van der Waals surface area contributed by atoms with Crippen molar-refractivity contribution >= 4 is 6.03 Å². The quantitative estimate of drug-likeness (QED) is 0.635. The third kappa shape index (κ3) is 3.10. The van der Waals surface area contributed by atoms with Gasteiger partial charge in [-0.2, -0.15) is 0 Å². The predicted octanol–water partition coefficient (Wildman–Crippen LogP) is 0.938. The summed E-state index contributed by atoms with van der Waals surface area (Å²) in [5.74, 6) is 0. The maximum atomic E-state index is 12.3. The normalized spacial score (nSPS) is 29.2. The van der Waals surface area contributed by atoms with Crippen LogP contribution in [0.2, 0.25) is 0 Å². The Morgan fingerprint density at radius 3 is 2.47 bits per heavy atom. The predicted molar refractivity (Wildman–Crippen MR) is 64.0 cm³/mol. The van der Waals surface area contributed by atoms with Crippen molar-refractivity contribution in [2.75, 3.05) is 39.4 Å². The van der Waals surface area contributed by atoms with Crippen LogP contribution < -0.4 is 0 Å². The molecular formula is C12H22N2O3.